The monoisotopic (exact) mass is 262 g/mol. The van der Waals surface area contributed by atoms with Crippen molar-refractivity contribution < 1.29 is 9.84 Å². The van der Waals surface area contributed by atoms with E-state index >= 15 is 0 Å². The average Bonchev–Trinajstić information content (AvgIpc) is 2.90. The molecule has 19 heavy (non-hydrogen) atoms. The SMILES string of the molecule is CCOC1(C(O)CCCc2ccccc2)CCCC1. The molecule has 1 saturated carbocycles. The van der Waals surface area contributed by atoms with E-state index in [-0.39, 0.29) is 11.7 Å². The largest absolute Gasteiger partial charge is 0.390 e. The molecule has 0 heterocycles. The van der Waals surface area contributed by atoms with Crippen molar-refractivity contribution >= 4 is 0 Å². The zero-order valence-electron chi connectivity index (χ0n) is 12.0. The molecule has 0 radical (unpaired) electrons. The molecule has 1 aromatic rings. The molecule has 1 atom stereocenters. The molecule has 1 aliphatic carbocycles. The number of ether oxygens (including phenoxy) is 1. The maximum atomic E-state index is 10.5. The summed E-state index contributed by atoms with van der Waals surface area (Å²) in [7, 11) is 0. The van der Waals surface area contributed by atoms with E-state index in [0.29, 0.717) is 6.61 Å². The highest BCUT2D eigenvalue weighted by molar-refractivity contribution is 5.14. The summed E-state index contributed by atoms with van der Waals surface area (Å²) in [5.41, 5.74) is 1.11. The fourth-order valence-corrected chi connectivity index (χ4v) is 3.24. The Morgan fingerprint density at radius 3 is 2.53 bits per heavy atom. The molecule has 1 unspecified atom stereocenters. The Morgan fingerprint density at radius 2 is 1.89 bits per heavy atom. The Balaban J connectivity index is 1.81. The van der Waals surface area contributed by atoms with Crippen molar-refractivity contribution in [2.75, 3.05) is 6.61 Å². The number of rotatable bonds is 7. The molecule has 2 heteroatoms. The summed E-state index contributed by atoms with van der Waals surface area (Å²) in [6.07, 6.45) is 7.03. The van der Waals surface area contributed by atoms with Gasteiger partial charge in [0.15, 0.2) is 0 Å². The van der Waals surface area contributed by atoms with Gasteiger partial charge in [0.2, 0.25) is 0 Å². The van der Waals surface area contributed by atoms with Crippen molar-refractivity contribution in [3.63, 3.8) is 0 Å². The minimum Gasteiger partial charge on any atom is -0.390 e. The predicted molar refractivity (Wildman–Crippen MR) is 78.2 cm³/mol. The van der Waals surface area contributed by atoms with Crippen LogP contribution in [0.2, 0.25) is 0 Å². The molecule has 1 N–H and O–H groups in total. The van der Waals surface area contributed by atoms with Crippen LogP contribution in [0.1, 0.15) is 51.0 Å². The standard InChI is InChI=1S/C17H26O2/c1-2-19-17(13-6-7-14-17)16(18)12-8-11-15-9-4-3-5-10-15/h3-5,9-10,16,18H,2,6-8,11-14H2,1H3. The lowest BCUT2D eigenvalue weighted by atomic mass is 9.90. The maximum absolute atomic E-state index is 10.5. The molecule has 2 rings (SSSR count). The average molecular weight is 262 g/mol. The smallest absolute Gasteiger partial charge is 0.0939 e. The van der Waals surface area contributed by atoms with Crippen molar-refractivity contribution in [2.45, 2.75) is 63.6 Å². The van der Waals surface area contributed by atoms with Crippen LogP contribution < -0.4 is 0 Å². The lowest BCUT2D eigenvalue weighted by Crippen LogP contribution is -2.42. The van der Waals surface area contributed by atoms with E-state index in [1.807, 2.05) is 13.0 Å². The van der Waals surface area contributed by atoms with Crippen LogP contribution >= 0.6 is 0 Å². The second-order valence-electron chi connectivity index (χ2n) is 5.60. The molecular formula is C17H26O2. The summed E-state index contributed by atoms with van der Waals surface area (Å²) in [5.74, 6) is 0. The number of aliphatic hydroxyl groups is 1. The number of hydrogen-bond donors (Lipinski definition) is 1. The molecule has 0 amide bonds. The second-order valence-corrected chi connectivity index (χ2v) is 5.60. The van der Waals surface area contributed by atoms with Gasteiger partial charge in [-0.2, -0.15) is 0 Å². The van der Waals surface area contributed by atoms with Gasteiger partial charge in [0.25, 0.3) is 0 Å². The van der Waals surface area contributed by atoms with Gasteiger partial charge in [-0.05, 0) is 44.6 Å². The highest BCUT2D eigenvalue weighted by atomic mass is 16.5. The number of benzene rings is 1. The minimum absolute atomic E-state index is 0.245. The molecule has 0 spiro atoms. The van der Waals surface area contributed by atoms with Gasteiger partial charge in [-0.25, -0.2) is 0 Å². The van der Waals surface area contributed by atoms with Gasteiger partial charge < -0.3 is 9.84 Å². The van der Waals surface area contributed by atoms with Crippen LogP contribution in [0, 0.1) is 0 Å². The summed E-state index contributed by atoms with van der Waals surface area (Å²) < 4.78 is 5.90. The van der Waals surface area contributed by atoms with Gasteiger partial charge in [-0.15, -0.1) is 0 Å². The lowest BCUT2D eigenvalue weighted by Gasteiger charge is -2.34. The Kier molecular flexibility index (Phi) is 5.41. The van der Waals surface area contributed by atoms with Crippen molar-refractivity contribution in [1.82, 2.24) is 0 Å². The fourth-order valence-electron chi connectivity index (χ4n) is 3.24. The third-order valence-corrected chi connectivity index (χ3v) is 4.27. The number of hydrogen-bond acceptors (Lipinski definition) is 2. The van der Waals surface area contributed by atoms with Crippen molar-refractivity contribution in [1.29, 1.82) is 0 Å². The van der Waals surface area contributed by atoms with Gasteiger partial charge in [-0.3, -0.25) is 0 Å². The van der Waals surface area contributed by atoms with Gasteiger partial charge in [0.05, 0.1) is 11.7 Å². The summed E-state index contributed by atoms with van der Waals surface area (Å²) in [5, 5.41) is 10.5. The molecule has 0 saturated heterocycles. The van der Waals surface area contributed by atoms with Crippen LogP contribution in [0.4, 0.5) is 0 Å². The zero-order chi connectivity index (χ0) is 13.6. The molecule has 1 fully saturated rings. The van der Waals surface area contributed by atoms with Crippen LogP contribution in [0.25, 0.3) is 0 Å². The van der Waals surface area contributed by atoms with E-state index in [0.717, 1.165) is 32.1 Å². The third-order valence-electron chi connectivity index (χ3n) is 4.27. The first-order valence-corrected chi connectivity index (χ1v) is 7.63. The highest BCUT2D eigenvalue weighted by Crippen LogP contribution is 2.37. The van der Waals surface area contributed by atoms with E-state index in [2.05, 4.69) is 24.3 Å². The predicted octanol–water partition coefficient (Wildman–Crippen LogP) is 3.72. The summed E-state index contributed by atoms with van der Waals surface area (Å²) >= 11 is 0. The van der Waals surface area contributed by atoms with Crippen LogP contribution in [0.15, 0.2) is 30.3 Å². The summed E-state index contributed by atoms with van der Waals surface area (Å²) in [6.45, 7) is 2.73. The van der Waals surface area contributed by atoms with E-state index in [4.69, 9.17) is 4.74 Å². The summed E-state index contributed by atoms with van der Waals surface area (Å²) in [6, 6.07) is 10.5. The zero-order valence-corrected chi connectivity index (χ0v) is 12.0. The first kappa shape index (κ1) is 14.5. The maximum Gasteiger partial charge on any atom is 0.0939 e. The Bertz CT molecular complexity index is 355. The Hall–Kier alpha value is -0.860. The van der Waals surface area contributed by atoms with Crippen LogP contribution in [-0.4, -0.2) is 23.4 Å². The second kappa shape index (κ2) is 7.06. The molecule has 1 aromatic carbocycles. The quantitative estimate of drug-likeness (QED) is 0.811. The molecule has 1 aliphatic rings. The van der Waals surface area contributed by atoms with Gasteiger partial charge >= 0.3 is 0 Å². The number of aryl methyl sites for hydroxylation is 1. The summed E-state index contributed by atoms with van der Waals surface area (Å²) in [4.78, 5) is 0. The molecule has 106 valence electrons. The van der Waals surface area contributed by atoms with E-state index in [1.54, 1.807) is 0 Å². The van der Waals surface area contributed by atoms with E-state index < -0.39 is 0 Å². The molecule has 0 bridgehead atoms. The van der Waals surface area contributed by atoms with Crippen LogP contribution in [0.3, 0.4) is 0 Å². The van der Waals surface area contributed by atoms with Crippen LogP contribution in [0.5, 0.6) is 0 Å². The molecular weight excluding hydrogens is 236 g/mol. The fraction of sp³-hybridized carbons (Fsp3) is 0.647. The van der Waals surface area contributed by atoms with Crippen LogP contribution in [-0.2, 0) is 11.2 Å². The first-order valence-electron chi connectivity index (χ1n) is 7.63. The van der Waals surface area contributed by atoms with Crippen molar-refractivity contribution in [2.24, 2.45) is 0 Å². The van der Waals surface area contributed by atoms with Crippen molar-refractivity contribution in [3.05, 3.63) is 35.9 Å². The Labute approximate surface area is 116 Å². The van der Waals surface area contributed by atoms with Gasteiger partial charge in [0.1, 0.15) is 0 Å². The number of aliphatic hydroxyl groups excluding tert-OH is 1. The molecule has 0 aromatic heterocycles. The minimum atomic E-state index is -0.307. The first-order chi connectivity index (χ1) is 9.27. The van der Waals surface area contributed by atoms with Crippen molar-refractivity contribution in [3.8, 4) is 0 Å². The van der Waals surface area contributed by atoms with Gasteiger partial charge in [-0.1, -0.05) is 43.2 Å². The Morgan fingerprint density at radius 1 is 1.21 bits per heavy atom. The van der Waals surface area contributed by atoms with E-state index in [9.17, 15) is 5.11 Å². The van der Waals surface area contributed by atoms with E-state index in [1.165, 1.54) is 18.4 Å². The topological polar surface area (TPSA) is 29.5 Å². The normalized spacial score (nSPS) is 19.5. The highest BCUT2D eigenvalue weighted by Gasteiger charge is 2.40. The lowest BCUT2D eigenvalue weighted by molar-refractivity contribution is -0.118. The molecule has 2 nitrogen and oxygen atoms in total. The molecule has 0 aliphatic heterocycles. The third kappa shape index (κ3) is 3.80. The van der Waals surface area contributed by atoms with Gasteiger partial charge in [0, 0.05) is 6.61 Å².